The number of rotatable bonds is 5. The second kappa shape index (κ2) is 7.39. The third-order valence-corrected chi connectivity index (χ3v) is 4.21. The van der Waals surface area contributed by atoms with Crippen LogP contribution in [0.5, 0.6) is 0 Å². The van der Waals surface area contributed by atoms with Gasteiger partial charge in [0.05, 0.1) is 6.61 Å². The molecule has 0 radical (unpaired) electrons. The molecule has 0 spiro atoms. The minimum Gasteiger partial charge on any atom is -0.392 e. The lowest BCUT2D eigenvalue weighted by Crippen LogP contribution is -2.49. The lowest BCUT2D eigenvalue weighted by atomic mass is 9.99. The Kier molecular flexibility index (Phi) is 5.80. The molecule has 0 aliphatic carbocycles. The molecule has 0 bridgehead atoms. The summed E-state index contributed by atoms with van der Waals surface area (Å²) in [6.45, 7) is 10.1. The van der Waals surface area contributed by atoms with E-state index >= 15 is 0 Å². The lowest BCUT2D eigenvalue weighted by molar-refractivity contribution is 0.131. The third-order valence-electron chi connectivity index (χ3n) is 4.21. The van der Waals surface area contributed by atoms with Crippen LogP contribution in [0.4, 0.5) is 0 Å². The highest BCUT2D eigenvalue weighted by molar-refractivity contribution is 5.22. The van der Waals surface area contributed by atoms with Crippen LogP contribution in [0.3, 0.4) is 0 Å². The number of hydrogen-bond acceptors (Lipinski definition) is 3. The maximum absolute atomic E-state index is 9.12. The molecule has 2 rings (SSSR count). The van der Waals surface area contributed by atoms with Crippen LogP contribution in [0.25, 0.3) is 0 Å². The lowest BCUT2D eigenvalue weighted by Gasteiger charge is -2.37. The highest BCUT2D eigenvalue weighted by Gasteiger charge is 2.23. The van der Waals surface area contributed by atoms with Crippen molar-refractivity contribution in [3.63, 3.8) is 0 Å². The first-order chi connectivity index (χ1) is 9.98. The van der Waals surface area contributed by atoms with E-state index < -0.39 is 0 Å². The van der Waals surface area contributed by atoms with E-state index in [-0.39, 0.29) is 12.1 Å². The van der Waals surface area contributed by atoms with E-state index in [9.17, 15) is 0 Å². The van der Waals surface area contributed by atoms with Gasteiger partial charge in [-0.15, -0.1) is 0 Å². The van der Waals surface area contributed by atoms with Crippen LogP contribution < -0.4 is 5.32 Å². The average molecular weight is 290 g/mol. The van der Waals surface area contributed by atoms with E-state index in [1.165, 1.54) is 31.4 Å². The first-order valence-electron chi connectivity index (χ1n) is 8.16. The molecule has 1 atom stereocenters. The monoisotopic (exact) mass is 290 g/mol. The van der Waals surface area contributed by atoms with Crippen molar-refractivity contribution in [3.05, 3.63) is 35.4 Å². The second-order valence-corrected chi connectivity index (χ2v) is 7.23. The standard InChI is InChI=1S/C18H30N2O/c1-18(2,3)19-12-17-6-4-5-11-20(17)13-15-7-9-16(14-21)10-8-15/h7-10,17,19,21H,4-6,11-14H2,1-3H3. The molecule has 1 aliphatic rings. The van der Waals surface area contributed by atoms with Crippen LogP contribution in [0.2, 0.25) is 0 Å². The Morgan fingerprint density at radius 1 is 1.14 bits per heavy atom. The van der Waals surface area contributed by atoms with Crippen LogP contribution in [-0.4, -0.2) is 34.7 Å². The van der Waals surface area contributed by atoms with E-state index in [1.54, 1.807) is 0 Å². The summed E-state index contributed by atoms with van der Waals surface area (Å²) in [4.78, 5) is 2.61. The molecule has 2 N–H and O–H groups in total. The Morgan fingerprint density at radius 3 is 2.43 bits per heavy atom. The van der Waals surface area contributed by atoms with Crippen LogP contribution in [-0.2, 0) is 13.2 Å². The molecule has 3 heteroatoms. The Morgan fingerprint density at radius 2 is 1.81 bits per heavy atom. The molecule has 1 aliphatic heterocycles. The Hall–Kier alpha value is -0.900. The van der Waals surface area contributed by atoms with Gasteiger partial charge in [0.25, 0.3) is 0 Å². The zero-order valence-electron chi connectivity index (χ0n) is 13.7. The Balaban J connectivity index is 1.94. The summed E-state index contributed by atoms with van der Waals surface area (Å²) in [6.07, 6.45) is 3.94. The van der Waals surface area contributed by atoms with Crippen molar-refractivity contribution >= 4 is 0 Å². The van der Waals surface area contributed by atoms with Crippen molar-refractivity contribution in [1.29, 1.82) is 0 Å². The van der Waals surface area contributed by atoms with Gasteiger partial charge in [-0.1, -0.05) is 30.7 Å². The summed E-state index contributed by atoms with van der Waals surface area (Å²) < 4.78 is 0. The molecule has 0 amide bonds. The Labute approximate surface area is 129 Å². The van der Waals surface area contributed by atoms with E-state index in [2.05, 4.69) is 43.1 Å². The van der Waals surface area contributed by atoms with Gasteiger partial charge >= 0.3 is 0 Å². The summed E-state index contributed by atoms with van der Waals surface area (Å²) in [6, 6.07) is 8.99. The van der Waals surface area contributed by atoms with Crippen molar-refractivity contribution in [2.75, 3.05) is 13.1 Å². The molecule has 118 valence electrons. The molecule has 1 aromatic carbocycles. The van der Waals surface area contributed by atoms with Gasteiger partial charge in [-0.05, 0) is 51.3 Å². The number of benzene rings is 1. The van der Waals surface area contributed by atoms with E-state index in [0.29, 0.717) is 6.04 Å². The van der Waals surface area contributed by atoms with Crippen molar-refractivity contribution < 1.29 is 5.11 Å². The molecular weight excluding hydrogens is 260 g/mol. The number of likely N-dealkylation sites (tertiary alicyclic amines) is 1. The first-order valence-corrected chi connectivity index (χ1v) is 8.16. The van der Waals surface area contributed by atoms with Crippen molar-refractivity contribution in [3.8, 4) is 0 Å². The molecular formula is C18H30N2O. The van der Waals surface area contributed by atoms with Crippen molar-refractivity contribution in [2.45, 2.75) is 64.8 Å². The number of piperidine rings is 1. The predicted octanol–water partition coefficient (Wildman–Crippen LogP) is 2.92. The number of nitrogens with zero attached hydrogens (tertiary/aromatic N) is 1. The number of aliphatic hydroxyl groups excluding tert-OH is 1. The van der Waals surface area contributed by atoms with Gasteiger partial charge in [-0.3, -0.25) is 4.90 Å². The number of nitrogens with one attached hydrogen (secondary N) is 1. The van der Waals surface area contributed by atoms with Gasteiger partial charge in [0.2, 0.25) is 0 Å². The SMILES string of the molecule is CC(C)(C)NCC1CCCCN1Cc1ccc(CO)cc1. The molecule has 1 unspecified atom stereocenters. The molecule has 1 saturated heterocycles. The molecule has 3 nitrogen and oxygen atoms in total. The number of hydrogen-bond donors (Lipinski definition) is 2. The molecule has 0 saturated carbocycles. The molecule has 1 fully saturated rings. The smallest absolute Gasteiger partial charge is 0.0681 e. The summed E-state index contributed by atoms with van der Waals surface area (Å²) in [5, 5.41) is 12.8. The number of aliphatic hydroxyl groups is 1. The predicted molar refractivity (Wildman–Crippen MR) is 88.2 cm³/mol. The van der Waals surface area contributed by atoms with Gasteiger partial charge in [-0.2, -0.15) is 0 Å². The molecule has 21 heavy (non-hydrogen) atoms. The van der Waals surface area contributed by atoms with E-state index in [1.807, 2.05) is 12.1 Å². The largest absolute Gasteiger partial charge is 0.392 e. The third kappa shape index (κ3) is 5.42. The minimum atomic E-state index is 0.127. The van der Waals surface area contributed by atoms with Crippen LogP contribution >= 0.6 is 0 Å². The maximum Gasteiger partial charge on any atom is 0.0681 e. The first kappa shape index (κ1) is 16.5. The summed E-state index contributed by atoms with van der Waals surface area (Å²) >= 11 is 0. The molecule has 0 aromatic heterocycles. The van der Waals surface area contributed by atoms with E-state index in [4.69, 9.17) is 5.11 Å². The van der Waals surface area contributed by atoms with Gasteiger partial charge in [0.15, 0.2) is 0 Å². The van der Waals surface area contributed by atoms with E-state index in [0.717, 1.165) is 18.7 Å². The fraction of sp³-hybridized carbons (Fsp3) is 0.667. The average Bonchev–Trinajstić information content (AvgIpc) is 2.46. The van der Waals surface area contributed by atoms with Gasteiger partial charge in [0.1, 0.15) is 0 Å². The van der Waals surface area contributed by atoms with Gasteiger partial charge < -0.3 is 10.4 Å². The quantitative estimate of drug-likeness (QED) is 0.875. The minimum absolute atomic E-state index is 0.127. The highest BCUT2D eigenvalue weighted by atomic mass is 16.3. The van der Waals surface area contributed by atoms with Gasteiger partial charge in [0, 0.05) is 24.7 Å². The Bertz CT molecular complexity index is 422. The van der Waals surface area contributed by atoms with Crippen molar-refractivity contribution in [1.82, 2.24) is 10.2 Å². The fourth-order valence-corrected chi connectivity index (χ4v) is 2.91. The summed E-state index contributed by atoms with van der Waals surface area (Å²) in [5.74, 6) is 0. The normalized spacial score (nSPS) is 20.7. The van der Waals surface area contributed by atoms with Crippen molar-refractivity contribution in [2.24, 2.45) is 0 Å². The highest BCUT2D eigenvalue weighted by Crippen LogP contribution is 2.20. The summed E-state index contributed by atoms with van der Waals surface area (Å²) in [7, 11) is 0. The fourth-order valence-electron chi connectivity index (χ4n) is 2.91. The molecule has 1 heterocycles. The maximum atomic E-state index is 9.12. The zero-order valence-corrected chi connectivity index (χ0v) is 13.7. The van der Waals surface area contributed by atoms with Crippen LogP contribution in [0, 0.1) is 0 Å². The molecule has 1 aromatic rings. The van der Waals surface area contributed by atoms with Crippen LogP contribution in [0.1, 0.15) is 51.2 Å². The van der Waals surface area contributed by atoms with Gasteiger partial charge in [-0.25, -0.2) is 0 Å². The topological polar surface area (TPSA) is 35.5 Å². The van der Waals surface area contributed by atoms with Crippen LogP contribution in [0.15, 0.2) is 24.3 Å². The summed E-state index contributed by atoms with van der Waals surface area (Å²) in [5.41, 5.74) is 2.52. The second-order valence-electron chi connectivity index (χ2n) is 7.23. The zero-order chi connectivity index (χ0) is 15.3.